The normalized spacial score (nSPS) is 16.7. The van der Waals surface area contributed by atoms with Gasteiger partial charge in [-0.25, -0.2) is 0 Å². The van der Waals surface area contributed by atoms with Crippen LogP contribution in [0.5, 0.6) is 17.2 Å². The lowest BCUT2D eigenvalue weighted by molar-refractivity contribution is 0.0811. The summed E-state index contributed by atoms with van der Waals surface area (Å²) in [6.45, 7) is 5.73. The number of hydrogen-bond donors (Lipinski definition) is 0. The molecule has 1 aliphatic heterocycles. The van der Waals surface area contributed by atoms with Crippen LogP contribution in [-0.4, -0.2) is 51.7 Å². The maximum Gasteiger partial charge on any atom is 0.167 e. The molecule has 168 valence electrons. The number of nitrogens with zero attached hydrogens (tertiary/aromatic N) is 1. The van der Waals surface area contributed by atoms with Gasteiger partial charge in [-0.05, 0) is 62.2 Å². The van der Waals surface area contributed by atoms with Gasteiger partial charge in [0.15, 0.2) is 17.3 Å². The van der Waals surface area contributed by atoms with E-state index in [0.717, 1.165) is 43.8 Å². The van der Waals surface area contributed by atoms with Gasteiger partial charge in [0.05, 0.1) is 27.9 Å². The zero-order valence-corrected chi connectivity index (χ0v) is 19.0. The molecule has 6 nitrogen and oxygen atoms in total. The lowest BCUT2D eigenvalue weighted by Crippen LogP contribution is -2.38. The number of Topliss-reactive ketones (excluding diaryl/α,β-unsaturated/α-hetero) is 1. The van der Waals surface area contributed by atoms with Crippen molar-refractivity contribution >= 4 is 5.78 Å². The van der Waals surface area contributed by atoms with Crippen molar-refractivity contribution in [3.05, 3.63) is 53.1 Å². The third kappa shape index (κ3) is 5.77. The second-order valence-electron chi connectivity index (χ2n) is 7.79. The highest BCUT2D eigenvalue weighted by Gasteiger charge is 2.27. The smallest absolute Gasteiger partial charge is 0.167 e. The predicted molar refractivity (Wildman–Crippen MR) is 120 cm³/mol. The number of hydrogen-bond acceptors (Lipinski definition) is 6. The first-order valence-electron chi connectivity index (χ1n) is 10.8. The van der Waals surface area contributed by atoms with E-state index in [1.165, 1.54) is 5.56 Å². The van der Waals surface area contributed by atoms with E-state index >= 15 is 0 Å². The molecule has 3 rings (SSSR count). The van der Waals surface area contributed by atoms with E-state index in [9.17, 15) is 4.79 Å². The van der Waals surface area contributed by atoms with E-state index < -0.39 is 0 Å². The van der Waals surface area contributed by atoms with Crippen LogP contribution < -0.4 is 14.2 Å². The van der Waals surface area contributed by atoms with Crippen molar-refractivity contribution in [2.24, 2.45) is 5.92 Å². The molecule has 1 saturated heterocycles. The molecule has 2 aromatic carbocycles. The molecule has 2 aromatic rings. The van der Waals surface area contributed by atoms with Crippen molar-refractivity contribution in [3.63, 3.8) is 0 Å². The summed E-state index contributed by atoms with van der Waals surface area (Å²) in [5.74, 6) is 2.20. The topological polar surface area (TPSA) is 57.2 Å². The maximum absolute atomic E-state index is 13.2. The Morgan fingerprint density at radius 2 is 1.74 bits per heavy atom. The van der Waals surface area contributed by atoms with Crippen molar-refractivity contribution in [3.8, 4) is 17.2 Å². The molecule has 6 heteroatoms. The minimum absolute atomic E-state index is 0.0204. The van der Waals surface area contributed by atoms with Gasteiger partial charge in [-0.3, -0.25) is 9.69 Å². The Morgan fingerprint density at radius 1 is 1.00 bits per heavy atom. The Hall–Kier alpha value is -2.57. The molecule has 0 aliphatic carbocycles. The van der Waals surface area contributed by atoms with Crippen LogP contribution in [0.15, 0.2) is 36.4 Å². The number of carbonyl (C=O) groups is 1. The summed E-state index contributed by atoms with van der Waals surface area (Å²) >= 11 is 0. The van der Waals surface area contributed by atoms with Gasteiger partial charge >= 0.3 is 0 Å². The molecular formula is C25H33NO5. The summed E-state index contributed by atoms with van der Waals surface area (Å²) in [6.07, 6.45) is 1.91. The van der Waals surface area contributed by atoms with Crippen LogP contribution in [0.25, 0.3) is 0 Å². The van der Waals surface area contributed by atoms with Crippen molar-refractivity contribution in [1.29, 1.82) is 0 Å². The second-order valence-corrected chi connectivity index (χ2v) is 7.79. The highest BCUT2D eigenvalue weighted by Crippen LogP contribution is 2.30. The first-order valence-corrected chi connectivity index (χ1v) is 10.8. The van der Waals surface area contributed by atoms with Gasteiger partial charge in [-0.15, -0.1) is 0 Å². The summed E-state index contributed by atoms with van der Waals surface area (Å²) in [5.41, 5.74) is 2.93. The molecule has 0 N–H and O–H groups in total. The molecule has 31 heavy (non-hydrogen) atoms. The van der Waals surface area contributed by atoms with Crippen LogP contribution >= 0.6 is 0 Å². The Labute approximate surface area is 185 Å². The molecular weight excluding hydrogens is 394 g/mol. The Morgan fingerprint density at radius 3 is 2.45 bits per heavy atom. The van der Waals surface area contributed by atoms with Gasteiger partial charge in [-0.1, -0.05) is 6.07 Å². The van der Waals surface area contributed by atoms with Crippen LogP contribution in [0.2, 0.25) is 0 Å². The van der Waals surface area contributed by atoms with Crippen LogP contribution in [0.4, 0.5) is 0 Å². The SMILES string of the molecule is CCOCc1cc(CN2CCCC(C(=O)c3ccc(OC)c(OC)c3)C2)ccc1OC. The van der Waals surface area contributed by atoms with E-state index in [-0.39, 0.29) is 11.7 Å². The quantitative estimate of drug-likeness (QED) is 0.526. The number of carbonyl (C=O) groups excluding carboxylic acids is 1. The lowest BCUT2D eigenvalue weighted by atomic mass is 9.89. The van der Waals surface area contributed by atoms with Gasteiger partial charge in [0, 0.05) is 36.7 Å². The largest absolute Gasteiger partial charge is 0.496 e. The van der Waals surface area contributed by atoms with Crippen LogP contribution in [0.3, 0.4) is 0 Å². The summed E-state index contributed by atoms with van der Waals surface area (Å²) in [7, 11) is 4.86. The summed E-state index contributed by atoms with van der Waals surface area (Å²) in [5, 5.41) is 0. The molecule has 0 bridgehead atoms. The predicted octanol–water partition coefficient (Wildman–Crippen LogP) is 4.34. The first kappa shape index (κ1) is 23.1. The molecule has 0 spiro atoms. The third-order valence-electron chi connectivity index (χ3n) is 5.76. The van der Waals surface area contributed by atoms with Crippen LogP contribution in [0, 0.1) is 5.92 Å². The van der Waals surface area contributed by atoms with Crippen LogP contribution in [-0.2, 0) is 17.9 Å². The number of piperidine rings is 1. The van der Waals surface area contributed by atoms with E-state index in [2.05, 4.69) is 17.0 Å². The highest BCUT2D eigenvalue weighted by molar-refractivity contribution is 5.98. The Bertz CT molecular complexity index is 882. The van der Waals surface area contributed by atoms with Crippen molar-refractivity contribution in [1.82, 2.24) is 4.90 Å². The van der Waals surface area contributed by atoms with Gasteiger partial charge in [0.1, 0.15) is 5.75 Å². The molecule has 1 unspecified atom stereocenters. The average molecular weight is 428 g/mol. The number of benzene rings is 2. The van der Waals surface area contributed by atoms with Gasteiger partial charge in [0.25, 0.3) is 0 Å². The Balaban J connectivity index is 1.69. The van der Waals surface area contributed by atoms with E-state index in [1.807, 2.05) is 19.1 Å². The maximum atomic E-state index is 13.2. The van der Waals surface area contributed by atoms with Gasteiger partial charge in [0.2, 0.25) is 0 Å². The van der Waals surface area contributed by atoms with E-state index in [4.69, 9.17) is 18.9 Å². The van der Waals surface area contributed by atoms with E-state index in [1.54, 1.807) is 33.5 Å². The van der Waals surface area contributed by atoms with Crippen molar-refractivity contribution < 1.29 is 23.7 Å². The van der Waals surface area contributed by atoms with Crippen LogP contribution in [0.1, 0.15) is 41.3 Å². The lowest BCUT2D eigenvalue weighted by Gasteiger charge is -2.32. The minimum Gasteiger partial charge on any atom is -0.496 e. The first-order chi connectivity index (χ1) is 15.1. The molecule has 1 fully saturated rings. The monoisotopic (exact) mass is 427 g/mol. The fourth-order valence-electron chi connectivity index (χ4n) is 4.15. The molecule has 0 saturated carbocycles. The zero-order chi connectivity index (χ0) is 22.2. The summed E-state index contributed by atoms with van der Waals surface area (Å²) in [6, 6.07) is 11.6. The third-order valence-corrected chi connectivity index (χ3v) is 5.76. The van der Waals surface area contributed by atoms with Gasteiger partial charge < -0.3 is 18.9 Å². The highest BCUT2D eigenvalue weighted by atomic mass is 16.5. The molecule has 0 amide bonds. The summed E-state index contributed by atoms with van der Waals surface area (Å²) < 4.78 is 21.7. The molecule has 0 radical (unpaired) electrons. The number of ketones is 1. The fourth-order valence-corrected chi connectivity index (χ4v) is 4.15. The molecule has 0 aromatic heterocycles. The minimum atomic E-state index is -0.0204. The number of likely N-dealkylation sites (tertiary alicyclic amines) is 1. The standard InChI is InChI=1S/C25H33NO5/c1-5-31-17-21-13-18(8-10-22(21)28-2)15-26-12-6-7-20(16-26)25(27)19-9-11-23(29-3)24(14-19)30-4/h8-11,13-14,20H,5-7,12,15-17H2,1-4H3. The average Bonchev–Trinajstić information content (AvgIpc) is 2.82. The molecule has 1 atom stereocenters. The molecule has 1 heterocycles. The van der Waals surface area contributed by atoms with Crippen molar-refractivity contribution in [2.45, 2.75) is 32.9 Å². The molecule has 1 aliphatic rings. The second kappa shape index (κ2) is 11.2. The van der Waals surface area contributed by atoms with E-state index in [0.29, 0.717) is 30.3 Å². The number of methoxy groups -OCH3 is 3. The zero-order valence-electron chi connectivity index (χ0n) is 19.0. The number of ether oxygens (including phenoxy) is 4. The summed E-state index contributed by atoms with van der Waals surface area (Å²) in [4.78, 5) is 15.5. The van der Waals surface area contributed by atoms with Gasteiger partial charge in [-0.2, -0.15) is 0 Å². The fraction of sp³-hybridized carbons (Fsp3) is 0.480. The Kier molecular flexibility index (Phi) is 8.32. The number of rotatable bonds is 10. The van der Waals surface area contributed by atoms with Crippen molar-refractivity contribution in [2.75, 3.05) is 41.0 Å².